The first-order chi connectivity index (χ1) is 31.4. The van der Waals surface area contributed by atoms with Crippen LogP contribution in [0.1, 0.15) is 65.5 Å². The quantitative estimate of drug-likeness (QED) is 0.0886. The molecule has 0 bridgehead atoms. The molecule has 0 saturated heterocycles. The maximum atomic E-state index is 8.71. The van der Waals surface area contributed by atoms with Crippen molar-refractivity contribution in [2.24, 2.45) is 5.41 Å². The summed E-state index contributed by atoms with van der Waals surface area (Å²) >= 11 is 0. The van der Waals surface area contributed by atoms with Crippen LogP contribution in [0.15, 0.2) is 147 Å². The fourth-order valence-electron chi connectivity index (χ4n) is 10.3. The number of benzene rings is 5. The van der Waals surface area contributed by atoms with E-state index in [1.54, 1.807) is 6.11 Å². The van der Waals surface area contributed by atoms with E-state index in [0.29, 0.717) is 26.3 Å². The highest BCUT2D eigenvalue weighted by Crippen LogP contribution is 2.52. The second-order valence-electron chi connectivity index (χ2n) is 19.1. The predicted molar refractivity (Wildman–Crippen MR) is 261 cm³/mol. The molecule has 2 aromatic heterocycles. The van der Waals surface area contributed by atoms with E-state index in [9.17, 15) is 0 Å². The van der Waals surface area contributed by atoms with E-state index in [1.807, 2.05) is 54.6 Å². The van der Waals surface area contributed by atoms with E-state index < -0.39 is 0 Å². The Labute approximate surface area is 380 Å². The molecule has 0 radical (unpaired) electrons. The Morgan fingerprint density at radius 3 is 2.06 bits per heavy atom. The number of ether oxygens (including phenoxy) is 2. The van der Waals surface area contributed by atoms with Crippen LogP contribution in [0.3, 0.4) is 0 Å². The third-order valence-corrected chi connectivity index (χ3v) is 13.3. The zero-order chi connectivity index (χ0) is 44.9. The molecule has 1 N–H and O–H groups in total. The van der Waals surface area contributed by atoms with Gasteiger partial charge in [0.1, 0.15) is 46.9 Å². The Bertz CT molecular complexity index is 3390. The van der Waals surface area contributed by atoms with Crippen molar-refractivity contribution in [2.75, 3.05) is 31.2 Å². The summed E-state index contributed by atoms with van der Waals surface area (Å²) in [6, 6.07) is 35.7. The lowest BCUT2D eigenvalue weighted by Crippen LogP contribution is -2.31. The van der Waals surface area contributed by atoms with Crippen LogP contribution in [0, 0.1) is 41.3 Å². The molecule has 10 rings (SSSR count). The molecular weight excluding hydrogens is 805 g/mol. The Morgan fingerprint density at radius 2 is 1.34 bits per heavy atom. The Hall–Kier alpha value is -7.53. The first kappa shape index (κ1) is 41.5. The lowest BCUT2D eigenvalue weighted by atomic mass is 9.73. The third-order valence-electron chi connectivity index (χ3n) is 13.3. The minimum absolute atomic E-state index is 0.00238. The largest absolute Gasteiger partial charge is 0.492 e. The molecule has 7 nitrogen and oxygen atoms in total. The monoisotopic (exact) mass is 855 g/mol. The van der Waals surface area contributed by atoms with Gasteiger partial charge in [0.25, 0.3) is 0 Å². The maximum Gasteiger partial charge on any atom is 0.210 e. The molecule has 0 atom stereocenters. The minimum atomic E-state index is -0.352. The average molecular weight is 856 g/mol. The molecule has 0 saturated carbocycles. The van der Waals surface area contributed by atoms with E-state index in [0.717, 1.165) is 68.2 Å². The molecule has 1 aliphatic carbocycles. The number of aliphatic hydroxyl groups excluding tert-OH is 1. The van der Waals surface area contributed by atoms with Crippen LogP contribution in [0.2, 0.25) is 0 Å². The summed E-state index contributed by atoms with van der Waals surface area (Å²) in [5.41, 5.74) is 12.7. The van der Waals surface area contributed by atoms with Crippen LogP contribution < -0.4 is 9.64 Å². The van der Waals surface area contributed by atoms with Gasteiger partial charge in [-0.05, 0) is 97.4 Å². The van der Waals surface area contributed by atoms with E-state index in [4.69, 9.17) is 23.4 Å². The Balaban J connectivity index is 1.07. The van der Waals surface area contributed by atoms with Crippen LogP contribution in [0.25, 0.3) is 43.9 Å². The summed E-state index contributed by atoms with van der Waals surface area (Å²) in [4.78, 5) is 2.48. The van der Waals surface area contributed by atoms with Gasteiger partial charge < -0.3 is 28.3 Å². The van der Waals surface area contributed by atoms with E-state index in [1.165, 1.54) is 39.4 Å². The summed E-state index contributed by atoms with van der Waals surface area (Å²) < 4.78 is 27.4. The number of para-hydroxylation sites is 3. The smallest absolute Gasteiger partial charge is 0.210 e. The first-order valence-corrected chi connectivity index (χ1v) is 22.3. The van der Waals surface area contributed by atoms with Gasteiger partial charge in [0, 0.05) is 79.7 Å². The number of aliphatic hydroxyl groups is 1. The van der Waals surface area contributed by atoms with E-state index in [2.05, 4.69) is 148 Å². The highest BCUT2D eigenvalue weighted by Gasteiger charge is 2.46. The second kappa shape index (κ2) is 16.2. The molecule has 0 unspecified atom stereocenters. The normalized spacial score (nSPS) is 17.9. The number of hydrogen-bond acceptors (Lipinski definition) is 6. The number of furan rings is 2. The second-order valence-corrected chi connectivity index (χ2v) is 19.1. The minimum Gasteiger partial charge on any atom is -0.492 e. The van der Waals surface area contributed by atoms with Gasteiger partial charge in [-0.25, -0.2) is 0 Å². The average Bonchev–Trinajstić information content (AvgIpc) is 3.95. The van der Waals surface area contributed by atoms with Crippen molar-refractivity contribution in [3.05, 3.63) is 149 Å². The molecule has 0 spiro atoms. The molecule has 5 aromatic carbocycles. The third kappa shape index (κ3) is 7.60. The van der Waals surface area contributed by atoms with Crippen molar-refractivity contribution < 1.29 is 28.0 Å². The topological polar surface area (TPSA) is 71.2 Å². The number of hydrogen-bond donors (Lipinski definition) is 1. The van der Waals surface area contributed by atoms with Gasteiger partial charge in [-0.1, -0.05) is 88.4 Å². The van der Waals surface area contributed by atoms with Gasteiger partial charge in [-0.2, -0.15) is 4.58 Å². The Kier molecular flexibility index (Phi) is 10.4. The molecule has 0 fully saturated rings. The summed E-state index contributed by atoms with van der Waals surface area (Å²) in [6.07, 6.45) is 13.6. The van der Waals surface area contributed by atoms with Crippen molar-refractivity contribution in [1.29, 1.82) is 0 Å². The van der Waals surface area contributed by atoms with Crippen molar-refractivity contribution in [3.8, 4) is 41.6 Å². The molecular formula is C58H51N2O5+. The van der Waals surface area contributed by atoms with Crippen LogP contribution in [-0.4, -0.2) is 41.7 Å². The molecule has 2 aliphatic heterocycles. The number of rotatable bonds is 9. The van der Waals surface area contributed by atoms with Crippen molar-refractivity contribution >= 4 is 61.0 Å². The van der Waals surface area contributed by atoms with Gasteiger partial charge in [-0.3, -0.25) is 0 Å². The molecule has 322 valence electrons. The molecule has 65 heavy (non-hydrogen) atoms. The van der Waals surface area contributed by atoms with Gasteiger partial charge in [-0.15, -0.1) is 0 Å². The van der Waals surface area contributed by atoms with Crippen LogP contribution in [0.4, 0.5) is 11.4 Å². The fourth-order valence-corrected chi connectivity index (χ4v) is 10.3. The zero-order valence-electron chi connectivity index (χ0n) is 37.8. The Morgan fingerprint density at radius 1 is 0.677 bits per heavy atom. The maximum absolute atomic E-state index is 8.71. The first-order valence-electron chi connectivity index (χ1n) is 22.3. The standard InChI is InChI=1S/C58H50N2O5/c1-56(2)37-39(31-54-57(3,4)46-35-52-44(42-20-12-14-22-50(42)64-52)33-48(46)59(54)24-28-62-27-17-8-7-16-26-61)30-40(38-56)32-55-58(5,6)47-36-53-45(43-21-13-15-23-51(43)65-53)34-49(47)60(55)25-29-63-41-18-10-9-11-19-41/h9-15,18-23,30-36H,24-25,28-29,37-38H2,1-6H3/p+1. The number of fused-ring (bicyclic) bond motifs is 8. The van der Waals surface area contributed by atoms with Crippen LogP contribution in [-0.2, 0) is 15.6 Å². The van der Waals surface area contributed by atoms with Crippen molar-refractivity contribution in [3.63, 3.8) is 0 Å². The molecule has 4 heterocycles. The van der Waals surface area contributed by atoms with Gasteiger partial charge in [0.15, 0.2) is 18.9 Å². The van der Waals surface area contributed by atoms with Crippen molar-refractivity contribution in [1.82, 2.24) is 0 Å². The summed E-state index contributed by atoms with van der Waals surface area (Å²) in [7, 11) is 0. The molecule has 0 amide bonds. The van der Waals surface area contributed by atoms with Gasteiger partial charge >= 0.3 is 0 Å². The molecule has 3 aliphatic rings. The van der Waals surface area contributed by atoms with Gasteiger partial charge in [0.05, 0.1) is 12.0 Å². The summed E-state index contributed by atoms with van der Waals surface area (Å²) in [6.45, 7) is 16.2. The highest BCUT2D eigenvalue weighted by molar-refractivity contribution is 6.10. The van der Waals surface area contributed by atoms with Crippen molar-refractivity contribution in [2.45, 2.75) is 65.2 Å². The number of allylic oxidation sites excluding steroid dienone is 6. The molecule has 7 heteroatoms. The summed E-state index contributed by atoms with van der Waals surface area (Å²) in [5.74, 6) is 10.9. The fraction of sp³-hybridized carbons (Fsp3) is 0.259. The number of nitrogens with zero attached hydrogens (tertiary/aromatic N) is 2. The predicted octanol–water partition coefficient (Wildman–Crippen LogP) is 12.6. The zero-order valence-corrected chi connectivity index (χ0v) is 37.8. The van der Waals surface area contributed by atoms with Gasteiger partial charge in [0.2, 0.25) is 5.69 Å². The lowest BCUT2D eigenvalue weighted by molar-refractivity contribution is -0.440. The highest BCUT2D eigenvalue weighted by atomic mass is 16.5. The number of anilines is 1. The van der Waals surface area contributed by atoms with Crippen LogP contribution in [0.5, 0.6) is 5.75 Å². The van der Waals surface area contributed by atoms with Crippen LogP contribution >= 0.6 is 0 Å². The van der Waals surface area contributed by atoms with E-state index in [-0.39, 0.29) is 16.2 Å². The SMILES string of the molecule is CC1(C)CC(C=C2N(CCOc3ccccc3)c3cc4c(cc3C2(C)C)oc2ccccc24)=CC(=CC2=[N+](CCOC#CC#CC#CO)c3cc4c(cc3C2(C)C)oc2ccccc24)C1. The van der Waals surface area contributed by atoms with E-state index >= 15 is 0 Å². The lowest BCUT2D eigenvalue weighted by Gasteiger charge is -2.33. The molecule has 7 aromatic rings. The summed E-state index contributed by atoms with van der Waals surface area (Å²) in [5, 5.41) is 13.1.